The van der Waals surface area contributed by atoms with Crippen LogP contribution in [0.5, 0.6) is 5.75 Å². The molecule has 0 aliphatic carbocycles. The molecule has 120 valence electrons. The Morgan fingerprint density at radius 3 is 2.95 bits per heavy atom. The van der Waals surface area contributed by atoms with E-state index in [-0.39, 0.29) is 12.1 Å². The summed E-state index contributed by atoms with van der Waals surface area (Å²) in [5.74, 6) is 0.165. The van der Waals surface area contributed by atoms with Crippen molar-refractivity contribution in [1.29, 1.82) is 0 Å². The van der Waals surface area contributed by atoms with Crippen molar-refractivity contribution in [3.05, 3.63) is 42.0 Å². The van der Waals surface area contributed by atoms with Crippen molar-refractivity contribution < 1.29 is 14.6 Å². The lowest BCUT2D eigenvalue weighted by atomic mass is 10.1. The minimum absolute atomic E-state index is 0.129. The quantitative estimate of drug-likeness (QED) is 0.786. The topological polar surface area (TPSA) is 49.8 Å². The van der Waals surface area contributed by atoms with Crippen LogP contribution in [0.15, 0.2) is 30.9 Å². The monoisotopic (exact) mass is 303 g/mol. The van der Waals surface area contributed by atoms with Crippen LogP contribution in [0.2, 0.25) is 0 Å². The number of hydrogen-bond acceptors (Lipinski definition) is 3. The predicted molar refractivity (Wildman–Crippen MR) is 87.2 cm³/mol. The van der Waals surface area contributed by atoms with Crippen LogP contribution in [0.4, 0.5) is 0 Å². The molecule has 1 unspecified atom stereocenters. The normalized spacial score (nSPS) is 18.6. The van der Waals surface area contributed by atoms with Gasteiger partial charge in [-0.3, -0.25) is 9.69 Å². The molecule has 0 amide bonds. The summed E-state index contributed by atoms with van der Waals surface area (Å²) < 4.78 is 5.83. The summed E-state index contributed by atoms with van der Waals surface area (Å²) in [5.41, 5.74) is 2.23. The van der Waals surface area contributed by atoms with E-state index >= 15 is 0 Å². The number of carbonyl (C=O) groups is 1. The van der Waals surface area contributed by atoms with Crippen molar-refractivity contribution in [2.75, 3.05) is 6.54 Å². The first-order valence-corrected chi connectivity index (χ1v) is 7.87. The number of carboxylic acids is 1. The van der Waals surface area contributed by atoms with Gasteiger partial charge in [0.2, 0.25) is 0 Å². The molecule has 2 rings (SSSR count). The first kappa shape index (κ1) is 16.6. The van der Waals surface area contributed by atoms with Crippen LogP contribution in [-0.4, -0.2) is 34.7 Å². The Morgan fingerprint density at radius 2 is 2.32 bits per heavy atom. The van der Waals surface area contributed by atoms with E-state index in [9.17, 15) is 9.90 Å². The molecule has 0 spiro atoms. The van der Waals surface area contributed by atoms with Gasteiger partial charge in [0.05, 0.1) is 6.10 Å². The maximum absolute atomic E-state index is 11.3. The SMILES string of the molecule is C=CCc1cc(CN2CCCC2C(=O)O)ccc1OC(C)C. The molecule has 1 heterocycles. The fraction of sp³-hybridized carbons (Fsp3) is 0.500. The first-order valence-electron chi connectivity index (χ1n) is 7.87. The number of rotatable bonds is 7. The van der Waals surface area contributed by atoms with Gasteiger partial charge in [0.25, 0.3) is 0 Å². The third-order valence-electron chi connectivity index (χ3n) is 3.89. The fourth-order valence-corrected chi connectivity index (χ4v) is 2.94. The number of nitrogens with zero attached hydrogens (tertiary/aromatic N) is 1. The van der Waals surface area contributed by atoms with Crippen molar-refractivity contribution in [2.45, 2.75) is 51.8 Å². The molecule has 1 aromatic rings. The Kier molecular flexibility index (Phi) is 5.61. The number of allylic oxidation sites excluding steroid dienone is 1. The molecular formula is C18H25NO3. The number of aliphatic carboxylic acids is 1. The Hall–Kier alpha value is -1.81. The molecule has 4 nitrogen and oxygen atoms in total. The summed E-state index contributed by atoms with van der Waals surface area (Å²) in [7, 11) is 0. The molecule has 1 fully saturated rings. The molecule has 1 aliphatic rings. The highest BCUT2D eigenvalue weighted by Gasteiger charge is 2.30. The van der Waals surface area contributed by atoms with E-state index in [4.69, 9.17) is 4.74 Å². The lowest BCUT2D eigenvalue weighted by Gasteiger charge is -2.22. The third-order valence-corrected chi connectivity index (χ3v) is 3.89. The van der Waals surface area contributed by atoms with Crippen LogP contribution in [0, 0.1) is 0 Å². The number of ether oxygens (including phenoxy) is 1. The fourth-order valence-electron chi connectivity index (χ4n) is 2.94. The Balaban J connectivity index is 2.15. The van der Waals surface area contributed by atoms with Gasteiger partial charge in [-0.1, -0.05) is 18.2 Å². The van der Waals surface area contributed by atoms with Gasteiger partial charge in [0, 0.05) is 6.54 Å². The molecule has 1 atom stereocenters. The number of hydrogen-bond donors (Lipinski definition) is 1. The van der Waals surface area contributed by atoms with Gasteiger partial charge in [-0.25, -0.2) is 0 Å². The molecule has 0 radical (unpaired) electrons. The Labute approximate surface area is 132 Å². The highest BCUT2D eigenvalue weighted by molar-refractivity contribution is 5.73. The van der Waals surface area contributed by atoms with Gasteiger partial charge in [0.15, 0.2) is 0 Å². The summed E-state index contributed by atoms with van der Waals surface area (Å²) >= 11 is 0. The van der Waals surface area contributed by atoms with Gasteiger partial charge in [-0.2, -0.15) is 0 Å². The summed E-state index contributed by atoms with van der Waals surface area (Å²) in [6, 6.07) is 5.77. The smallest absolute Gasteiger partial charge is 0.320 e. The van der Waals surface area contributed by atoms with E-state index < -0.39 is 5.97 Å². The summed E-state index contributed by atoms with van der Waals surface area (Å²) in [4.78, 5) is 13.3. The summed E-state index contributed by atoms with van der Waals surface area (Å²) in [6.07, 6.45) is 4.43. The summed E-state index contributed by atoms with van der Waals surface area (Å²) in [5, 5.41) is 9.27. The van der Waals surface area contributed by atoms with Gasteiger partial charge < -0.3 is 9.84 Å². The zero-order valence-corrected chi connectivity index (χ0v) is 13.4. The second kappa shape index (κ2) is 7.45. The Morgan fingerprint density at radius 1 is 1.55 bits per heavy atom. The molecule has 1 aromatic carbocycles. The second-order valence-corrected chi connectivity index (χ2v) is 6.07. The third kappa shape index (κ3) is 4.10. The van der Waals surface area contributed by atoms with Crippen molar-refractivity contribution in [2.24, 2.45) is 0 Å². The van der Waals surface area contributed by atoms with E-state index in [0.29, 0.717) is 6.54 Å². The highest BCUT2D eigenvalue weighted by atomic mass is 16.5. The van der Waals surface area contributed by atoms with Crippen LogP contribution in [0.1, 0.15) is 37.8 Å². The highest BCUT2D eigenvalue weighted by Crippen LogP contribution is 2.25. The van der Waals surface area contributed by atoms with Crippen LogP contribution < -0.4 is 4.74 Å². The largest absolute Gasteiger partial charge is 0.491 e. The first-order chi connectivity index (χ1) is 10.5. The van der Waals surface area contributed by atoms with E-state index in [1.54, 1.807) is 0 Å². The molecule has 22 heavy (non-hydrogen) atoms. The number of carboxylic acid groups (broad SMARTS) is 1. The average Bonchev–Trinajstić information content (AvgIpc) is 2.90. The van der Waals surface area contributed by atoms with Crippen LogP contribution in [-0.2, 0) is 17.8 Å². The minimum Gasteiger partial charge on any atom is -0.491 e. The van der Waals surface area contributed by atoms with E-state index in [1.807, 2.05) is 37.0 Å². The predicted octanol–water partition coefficient (Wildman–Crippen LogP) is 3.25. The molecule has 1 aliphatic heterocycles. The zero-order chi connectivity index (χ0) is 16.1. The maximum atomic E-state index is 11.3. The van der Waals surface area contributed by atoms with Crippen molar-refractivity contribution in [3.8, 4) is 5.75 Å². The molecule has 0 saturated carbocycles. The minimum atomic E-state index is -0.719. The molecule has 0 aromatic heterocycles. The molecular weight excluding hydrogens is 278 g/mol. The van der Waals surface area contributed by atoms with Crippen LogP contribution >= 0.6 is 0 Å². The van der Waals surface area contributed by atoms with Gasteiger partial charge in [-0.15, -0.1) is 6.58 Å². The van der Waals surface area contributed by atoms with Crippen LogP contribution in [0.3, 0.4) is 0 Å². The standard InChI is InChI=1S/C18H25NO3/c1-4-6-15-11-14(8-9-17(15)22-13(2)3)12-19-10-5-7-16(19)18(20)21/h4,8-9,11,13,16H,1,5-7,10,12H2,2-3H3,(H,20,21). The molecule has 1 N–H and O–H groups in total. The van der Waals surface area contributed by atoms with Crippen molar-refractivity contribution in [3.63, 3.8) is 0 Å². The van der Waals surface area contributed by atoms with Crippen LogP contribution in [0.25, 0.3) is 0 Å². The van der Waals surface area contributed by atoms with Gasteiger partial charge in [0.1, 0.15) is 11.8 Å². The molecule has 0 bridgehead atoms. The molecule has 4 heteroatoms. The van der Waals surface area contributed by atoms with Gasteiger partial charge >= 0.3 is 5.97 Å². The average molecular weight is 303 g/mol. The lowest BCUT2D eigenvalue weighted by molar-refractivity contribution is -0.142. The molecule has 1 saturated heterocycles. The van der Waals surface area contributed by atoms with E-state index in [0.717, 1.165) is 42.7 Å². The zero-order valence-electron chi connectivity index (χ0n) is 13.4. The van der Waals surface area contributed by atoms with Gasteiger partial charge in [-0.05, 0) is 56.8 Å². The second-order valence-electron chi connectivity index (χ2n) is 6.07. The van der Waals surface area contributed by atoms with E-state index in [1.165, 1.54) is 0 Å². The van der Waals surface area contributed by atoms with Crippen molar-refractivity contribution in [1.82, 2.24) is 4.90 Å². The van der Waals surface area contributed by atoms with Crippen molar-refractivity contribution >= 4 is 5.97 Å². The van der Waals surface area contributed by atoms with E-state index in [2.05, 4.69) is 12.6 Å². The lowest BCUT2D eigenvalue weighted by Crippen LogP contribution is -2.35. The summed E-state index contributed by atoms with van der Waals surface area (Å²) in [6.45, 7) is 9.33. The Bertz CT molecular complexity index is 539. The maximum Gasteiger partial charge on any atom is 0.320 e. The number of benzene rings is 1. The number of likely N-dealkylation sites (tertiary alicyclic amines) is 1.